The second kappa shape index (κ2) is 3.47. The average Bonchev–Trinajstić information content (AvgIpc) is 3.04. The fourth-order valence-electron chi connectivity index (χ4n) is 2.03. The summed E-state index contributed by atoms with van der Waals surface area (Å²) in [7, 11) is 0. The van der Waals surface area contributed by atoms with Gasteiger partial charge in [-0.15, -0.1) is 0 Å². The number of furan rings is 2. The smallest absolute Gasteiger partial charge is 0.131 e. The summed E-state index contributed by atoms with van der Waals surface area (Å²) in [6, 6.07) is 13.4. The van der Waals surface area contributed by atoms with Gasteiger partial charge in [-0.25, -0.2) is 4.98 Å². The maximum atomic E-state index is 5.67. The zero-order valence-electron chi connectivity index (χ0n) is 9.46. The van der Waals surface area contributed by atoms with Gasteiger partial charge >= 0.3 is 0 Å². The fourth-order valence-corrected chi connectivity index (χ4v) is 2.03. The van der Waals surface area contributed by atoms with E-state index in [0.717, 1.165) is 33.7 Å². The Balaban J connectivity index is 2.19. The summed E-state index contributed by atoms with van der Waals surface area (Å²) in [5.74, 6) is 0. The van der Waals surface area contributed by atoms with Crippen LogP contribution in [-0.2, 0) is 0 Å². The zero-order valence-corrected chi connectivity index (χ0v) is 9.46. The molecule has 4 heterocycles. The number of hydrogen-bond acceptors (Lipinski definition) is 3. The number of fused-ring (bicyclic) bond motifs is 6. The van der Waals surface area contributed by atoms with Crippen molar-refractivity contribution in [2.45, 2.75) is 0 Å². The van der Waals surface area contributed by atoms with Crippen molar-refractivity contribution < 1.29 is 8.83 Å². The number of nitrogens with zero attached hydrogens (tertiary/aromatic N) is 1. The predicted octanol–water partition coefficient (Wildman–Crippen LogP) is 4.18. The largest absolute Gasteiger partial charge is 0.457 e. The van der Waals surface area contributed by atoms with Crippen molar-refractivity contribution in [2.75, 3.05) is 0 Å². The Hall–Kier alpha value is -2.55. The second-order valence-corrected chi connectivity index (χ2v) is 4.21. The highest BCUT2D eigenvalue weighted by atomic mass is 16.3. The molecule has 0 atom stereocenters. The number of hydrogen-bond donors (Lipinski definition) is 0. The van der Waals surface area contributed by atoms with Crippen molar-refractivity contribution in [3.8, 4) is 0 Å². The Morgan fingerprint density at radius 3 is 1.56 bits per heavy atom. The Labute approximate surface area is 103 Å². The molecule has 0 aromatic carbocycles. The van der Waals surface area contributed by atoms with E-state index in [2.05, 4.69) is 4.98 Å². The normalized spacial score (nSPS) is 12.2. The fraction of sp³-hybridized carbons (Fsp3) is 0. The Kier molecular flexibility index (Phi) is 1.83. The van der Waals surface area contributed by atoms with Crippen molar-refractivity contribution >= 4 is 34.5 Å². The molecule has 0 saturated carbocycles. The Bertz CT molecular complexity index is 772. The first kappa shape index (κ1) is 9.48. The van der Waals surface area contributed by atoms with Gasteiger partial charge in [0.1, 0.15) is 22.3 Å². The van der Waals surface area contributed by atoms with Gasteiger partial charge in [0.25, 0.3) is 0 Å². The van der Waals surface area contributed by atoms with Crippen LogP contribution in [0.25, 0.3) is 34.5 Å². The van der Waals surface area contributed by atoms with Gasteiger partial charge in [0, 0.05) is 18.2 Å². The quantitative estimate of drug-likeness (QED) is 0.459. The highest BCUT2D eigenvalue weighted by Crippen LogP contribution is 2.19. The van der Waals surface area contributed by atoms with E-state index >= 15 is 0 Å². The standard InChI is InChI=1S/C15H9NO2/c1-2-11-8-13-4-6-15(18-13)9-14-5-3-12(17-14)7-10(1)16-11/h1-9H. The summed E-state index contributed by atoms with van der Waals surface area (Å²) in [6.07, 6.45) is 3.92. The van der Waals surface area contributed by atoms with Crippen LogP contribution in [0.3, 0.4) is 0 Å². The van der Waals surface area contributed by atoms with Crippen LogP contribution in [0, 0.1) is 0 Å². The molecule has 0 unspecified atom stereocenters. The van der Waals surface area contributed by atoms with Gasteiger partial charge in [-0.1, -0.05) is 0 Å². The topological polar surface area (TPSA) is 39.2 Å². The van der Waals surface area contributed by atoms with Crippen molar-refractivity contribution in [2.24, 2.45) is 0 Å². The molecular weight excluding hydrogens is 226 g/mol. The predicted molar refractivity (Wildman–Crippen MR) is 70.3 cm³/mol. The van der Waals surface area contributed by atoms with E-state index < -0.39 is 0 Å². The van der Waals surface area contributed by atoms with Crippen molar-refractivity contribution in [3.05, 3.63) is 53.9 Å². The van der Waals surface area contributed by atoms with Gasteiger partial charge in [0.05, 0.1) is 11.4 Å². The molecule has 3 aromatic heterocycles. The molecule has 1 aliphatic rings. The molecule has 3 aromatic rings. The van der Waals surface area contributed by atoms with Crippen LogP contribution < -0.4 is 0 Å². The lowest BCUT2D eigenvalue weighted by Crippen LogP contribution is -1.71. The third-order valence-corrected chi connectivity index (χ3v) is 2.84. The van der Waals surface area contributed by atoms with Crippen LogP contribution in [0.2, 0.25) is 0 Å². The number of rotatable bonds is 0. The maximum Gasteiger partial charge on any atom is 0.131 e. The summed E-state index contributed by atoms with van der Waals surface area (Å²) in [5, 5.41) is 0. The second-order valence-electron chi connectivity index (χ2n) is 4.21. The molecule has 0 amide bonds. The molecule has 0 saturated heterocycles. The SMILES string of the molecule is C1=Cc2cc3ccc(cc4ccc(cc1n2)o4)o3. The van der Waals surface area contributed by atoms with Crippen LogP contribution >= 0.6 is 0 Å². The monoisotopic (exact) mass is 235 g/mol. The summed E-state index contributed by atoms with van der Waals surface area (Å²) >= 11 is 0. The highest BCUT2D eigenvalue weighted by molar-refractivity contribution is 5.74. The van der Waals surface area contributed by atoms with Crippen molar-refractivity contribution in [1.82, 2.24) is 4.98 Å². The van der Waals surface area contributed by atoms with Crippen LogP contribution in [-0.4, -0.2) is 4.98 Å². The molecule has 3 heteroatoms. The first-order chi connectivity index (χ1) is 8.85. The van der Waals surface area contributed by atoms with E-state index in [-0.39, 0.29) is 0 Å². The minimum Gasteiger partial charge on any atom is -0.457 e. The van der Waals surface area contributed by atoms with Crippen LogP contribution in [0.5, 0.6) is 0 Å². The lowest BCUT2D eigenvalue weighted by molar-refractivity contribution is 0.652. The lowest BCUT2D eigenvalue weighted by Gasteiger charge is -1.84. The Morgan fingerprint density at radius 2 is 1.06 bits per heavy atom. The van der Waals surface area contributed by atoms with Gasteiger partial charge in [0.15, 0.2) is 0 Å². The molecule has 6 bridgehead atoms. The molecule has 4 rings (SSSR count). The van der Waals surface area contributed by atoms with Crippen molar-refractivity contribution in [1.29, 1.82) is 0 Å². The minimum absolute atomic E-state index is 0.773. The molecule has 0 aliphatic carbocycles. The molecule has 86 valence electrons. The Morgan fingerprint density at radius 1 is 0.611 bits per heavy atom. The zero-order chi connectivity index (χ0) is 11.9. The first-order valence-corrected chi connectivity index (χ1v) is 5.73. The molecule has 3 nitrogen and oxygen atoms in total. The average molecular weight is 235 g/mol. The summed E-state index contributed by atoms with van der Waals surface area (Å²) in [5.41, 5.74) is 4.89. The van der Waals surface area contributed by atoms with Crippen LogP contribution in [0.15, 0.2) is 51.3 Å². The third-order valence-electron chi connectivity index (χ3n) is 2.84. The lowest BCUT2D eigenvalue weighted by atomic mass is 10.3. The van der Waals surface area contributed by atoms with E-state index in [4.69, 9.17) is 8.83 Å². The molecule has 1 aliphatic heterocycles. The molecule has 18 heavy (non-hydrogen) atoms. The van der Waals surface area contributed by atoms with Gasteiger partial charge in [0.2, 0.25) is 0 Å². The summed E-state index contributed by atoms with van der Waals surface area (Å²) in [6.45, 7) is 0. The summed E-state index contributed by atoms with van der Waals surface area (Å²) < 4.78 is 11.3. The van der Waals surface area contributed by atoms with E-state index in [1.54, 1.807) is 0 Å². The summed E-state index contributed by atoms with van der Waals surface area (Å²) in [4.78, 5) is 4.47. The number of aromatic nitrogens is 1. The van der Waals surface area contributed by atoms with Crippen LogP contribution in [0.4, 0.5) is 0 Å². The first-order valence-electron chi connectivity index (χ1n) is 5.73. The van der Waals surface area contributed by atoms with Gasteiger partial charge in [-0.05, 0) is 36.4 Å². The minimum atomic E-state index is 0.773. The van der Waals surface area contributed by atoms with Crippen LogP contribution in [0.1, 0.15) is 11.4 Å². The molecule has 0 spiro atoms. The maximum absolute atomic E-state index is 5.67. The van der Waals surface area contributed by atoms with E-state index in [0.29, 0.717) is 0 Å². The van der Waals surface area contributed by atoms with Gasteiger partial charge in [-0.2, -0.15) is 0 Å². The molecule has 0 N–H and O–H groups in total. The van der Waals surface area contributed by atoms with Crippen molar-refractivity contribution in [3.63, 3.8) is 0 Å². The van der Waals surface area contributed by atoms with E-state index in [9.17, 15) is 0 Å². The third kappa shape index (κ3) is 1.57. The van der Waals surface area contributed by atoms with Gasteiger partial charge < -0.3 is 8.83 Å². The molecular formula is C15H9NO2. The molecule has 0 fully saturated rings. The van der Waals surface area contributed by atoms with Gasteiger partial charge in [-0.3, -0.25) is 0 Å². The highest BCUT2D eigenvalue weighted by Gasteiger charge is 2.00. The van der Waals surface area contributed by atoms with E-state index in [1.165, 1.54) is 0 Å². The molecule has 0 radical (unpaired) electrons. The van der Waals surface area contributed by atoms with E-state index in [1.807, 2.05) is 54.6 Å².